The van der Waals surface area contributed by atoms with Gasteiger partial charge in [0.1, 0.15) is 5.82 Å². The molecule has 3 aromatic rings. The number of nitrogens with one attached hydrogen (secondary N) is 1. The predicted molar refractivity (Wildman–Crippen MR) is 118 cm³/mol. The predicted octanol–water partition coefficient (Wildman–Crippen LogP) is 3.06. The molecule has 0 aliphatic rings. The van der Waals surface area contributed by atoms with E-state index >= 15 is 0 Å². The van der Waals surface area contributed by atoms with Crippen molar-refractivity contribution in [1.82, 2.24) is 10.0 Å². The van der Waals surface area contributed by atoms with Crippen LogP contribution in [0.5, 0.6) is 0 Å². The van der Waals surface area contributed by atoms with Crippen LogP contribution in [0.15, 0.2) is 53.5 Å². The normalized spacial score (nSPS) is 13.3. The largest absolute Gasteiger partial charge is 0.315 e. The van der Waals surface area contributed by atoms with Crippen LogP contribution in [0.3, 0.4) is 0 Å². The van der Waals surface area contributed by atoms with Crippen molar-refractivity contribution in [3.05, 3.63) is 76.2 Å². The Labute approximate surface area is 183 Å². The van der Waals surface area contributed by atoms with Gasteiger partial charge in [0.15, 0.2) is 20.3 Å². The van der Waals surface area contributed by atoms with Crippen molar-refractivity contribution in [2.75, 3.05) is 6.26 Å². The van der Waals surface area contributed by atoms with E-state index in [4.69, 9.17) is 11.8 Å². The number of hydroxylamine groups is 1. The third-order valence-corrected chi connectivity index (χ3v) is 7.63. The molecular weight excluding hydrogens is 437 g/mol. The monoisotopic (exact) mass is 457 g/mol. The zero-order chi connectivity index (χ0) is 23.7. The number of hydrogen-bond donors (Lipinski definition) is 2. The maximum atomic E-state index is 14.4. The third-order valence-electron chi connectivity index (χ3n) is 5.60. The summed E-state index contributed by atoms with van der Waals surface area (Å²) in [6.45, 7) is 8.06. The number of nitrogens with zero attached hydrogens (tertiary/aromatic N) is 2. The fraction of sp³-hybridized carbons (Fsp3) is 0.227. The smallest absolute Gasteiger partial charge is 0.264 e. The second-order valence-electron chi connectivity index (χ2n) is 7.59. The van der Waals surface area contributed by atoms with E-state index in [2.05, 4.69) is 4.85 Å². The number of aromatic nitrogens is 1. The first-order chi connectivity index (χ1) is 15.0. The van der Waals surface area contributed by atoms with E-state index in [9.17, 15) is 22.4 Å². The molecule has 32 heavy (non-hydrogen) atoms. The highest BCUT2D eigenvalue weighted by Gasteiger charge is 2.43. The first-order valence-corrected chi connectivity index (χ1v) is 11.4. The average molecular weight is 457 g/mol. The minimum atomic E-state index is -3.89. The van der Waals surface area contributed by atoms with Gasteiger partial charge in [-0.05, 0) is 48.6 Å². The van der Waals surface area contributed by atoms with E-state index in [0.29, 0.717) is 21.9 Å². The van der Waals surface area contributed by atoms with Crippen LogP contribution >= 0.6 is 0 Å². The van der Waals surface area contributed by atoms with Crippen molar-refractivity contribution < 1.29 is 22.8 Å². The molecule has 1 unspecified atom stereocenters. The Bertz CT molecular complexity index is 1430. The van der Waals surface area contributed by atoms with E-state index in [-0.39, 0.29) is 18.7 Å². The Kier molecular flexibility index (Phi) is 6.16. The molecule has 1 aromatic heterocycles. The number of halogens is 1. The fourth-order valence-electron chi connectivity index (χ4n) is 3.36. The number of hydrogen-bond acceptors (Lipinski definition) is 5. The van der Waals surface area contributed by atoms with Gasteiger partial charge in [-0.3, -0.25) is 14.8 Å². The molecule has 166 valence electrons. The molecule has 2 N–H and O–H groups in total. The third kappa shape index (κ3) is 4.12. The molecule has 0 bridgehead atoms. The maximum Gasteiger partial charge on any atom is 0.264 e. The number of carbonyl (C=O) groups excluding carboxylic acids is 1. The number of benzene rings is 2. The molecule has 0 fully saturated rings. The molecule has 0 aliphatic carbocycles. The summed E-state index contributed by atoms with van der Waals surface area (Å²) in [4.78, 5) is 28.0. The number of aryl methyl sites for hydroxylation is 1. The van der Waals surface area contributed by atoms with Gasteiger partial charge in [-0.25, -0.2) is 23.1 Å². The summed E-state index contributed by atoms with van der Waals surface area (Å²) in [5.74, 6) is -1.63. The first kappa shape index (κ1) is 23.1. The SMILES string of the molecule is [C-]#[N+]c1ccc(-c2ccc3c(=O)n(CCC(C)(C(=O)NO)S(C)(=O)=O)ccc3c2)c(F)c1. The van der Waals surface area contributed by atoms with E-state index in [1.54, 1.807) is 24.3 Å². The van der Waals surface area contributed by atoms with Crippen LogP contribution in [-0.4, -0.2) is 35.1 Å². The topological polar surface area (TPSA) is 110 Å². The Balaban J connectivity index is 1.97. The Hall–Kier alpha value is -3.55. The molecule has 0 saturated carbocycles. The molecule has 3 rings (SSSR count). The molecule has 1 amide bonds. The number of sulfone groups is 1. The molecule has 10 heteroatoms. The van der Waals surface area contributed by atoms with Crippen molar-refractivity contribution in [3.63, 3.8) is 0 Å². The average Bonchev–Trinajstić information content (AvgIpc) is 2.76. The highest BCUT2D eigenvalue weighted by atomic mass is 32.2. The quantitative estimate of drug-likeness (QED) is 0.336. The highest BCUT2D eigenvalue weighted by Crippen LogP contribution is 2.28. The molecule has 0 saturated heterocycles. The van der Waals surface area contributed by atoms with Crippen LogP contribution < -0.4 is 11.0 Å². The summed E-state index contributed by atoms with van der Waals surface area (Å²) >= 11 is 0. The molecule has 0 spiro atoms. The molecular formula is C22H20FN3O5S. The minimum absolute atomic E-state index is 0.0831. The Morgan fingerprint density at radius 3 is 2.56 bits per heavy atom. The lowest BCUT2D eigenvalue weighted by Crippen LogP contribution is -2.49. The summed E-state index contributed by atoms with van der Waals surface area (Å²) < 4.78 is 37.9. The molecule has 8 nitrogen and oxygen atoms in total. The van der Waals surface area contributed by atoms with Crippen molar-refractivity contribution in [2.45, 2.75) is 24.6 Å². The van der Waals surface area contributed by atoms with Gasteiger partial charge in [-0.15, -0.1) is 0 Å². The van der Waals surface area contributed by atoms with Crippen LogP contribution in [0.1, 0.15) is 13.3 Å². The molecule has 0 aliphatic heterocycles. The van der Waals surface area contributed by atoms with Gasteiger partial charge in [0, 0.05) is 29.9 Å². The number of pyridine rings is 1. The van der Waals surface area contributed by atoms with Gasteiger partial charge in [0.2, 0.25) is 0 Å². The van der Waals surface area contributed by atoms with Crippen LogP contribution in [0.2, 0.25) is 0 Å². The second kappa shape index (κ2) is 8.53. The van der Waals surface area contributed by atoms with Crippen LogP contribution in [0.25, 0.3) is 26.7 Å². The van der Waals surface area contributed by atoms with Crippen molar-refractivity contribution in [3.8, 4) is 11.1 Å². The fourth-order valence-corrected chi connectivity index (χ4v) is 4.20. The number of fused-ring (bicyclic) bond motifs is 1. The highest BCUT2D eigenvalue weighted by molar-refractivity contribution is 7.92. The molecule has 0 radical (unpaired) electrons. The lowest BCUT2D eigenvalue weighted by molar-refractivity contribution is -0.131. The van der Waals surface area contributed by atoms with E-state index in [0.717, 1.165) is 12.3 Å². The molecule has 1 atom stereocenters. The standard InChI is InChI=1S/C22H20FN3O5S/c1-22(21(28)25-29,32(3,30)31)9-11-26-10-8-15-12-14(4-6-18(15)20(26)27)17-7-5-16(24-2)13-19(17)23/h4-8,10,12-13,29H,9,11H2,1,3H3,(H,25,28). The number of carbonyl (C=O) groups is 1. The number of amides is 1. The van der Waals surface area contributed by atoms with Crippen molar-refractivity contribution in [1.29, 1.82) is 0 Å². The maximum absolute atomic E-state index is 14.4. The van der Waals surface area contributed by atoms with Gasteiger partial charge in [0.05, 0.1) is 6.57 Å². The van der Waals surface area contributed by atoms with Crippen molar-refractivity contribution >= 4 is 32.2 Å². The summed E-state index contributed by atoms with van der Waals surface area (Å²) in [6.07, 6.45) is 2.11. The van der Waals surface area contributed by atoms with Crippen LogP contribution in [-0.2, 0) is 21.2 Å². The summed E-state index contributed by atoms with van der Waals surface area (Å²) in [6, 6.07) is 10.6. The lowest BCUT2D eigenvalue weighted by Gasteiger charge is -2.25. The van der Waals surface area contributed by atoms with Gasteiger partial charge in [0.25, 0.3) is 11.5 Å². The minimum Gasteiger partial charge on any atom is -0.315 e. The second-order valence-corrected chi connectivity index (χ2v) is 10.0. The van der Waals surface area contributed by atoms with E-state index in [1.165, 1.54) is 35.3 Å². The van der Waals surface area contributed by atoms with Gasteiger partial charge < -0.3 is 4.57 Å². The zero-order valence-corrected chi connectivity index (χ0v) is 18.1. The Morgan fingerprint density at radius 1 is 1.25 bits per heavy atom. The van der Waals surface area contributed by atoms with E-state index in [1.807, 2.05) is 0 Å². The molecule has 1 heterocycles. The van der Waals surface area contributed by atoms with Gasteiger partial charge in [-0.1, -0.05) is 18.2 Å². The van der Waals surface area contributed by atoms with Crippen LogP contribution in [0, 0.1) is 12.4 Å². The van der Waals surface area contributed by atoms with Crippen molar-refractivity contribution in [2.24, 2.45) is 0 Å². The number of rotatable bonds is 6. The Morgan fingerprint density at radius 2 is 1.97 bits per heavy atom. The first-order valence-electron chi connectivity index (χ1n) is 9.46. The van der Waals surface area contributed by atoms with Crippen LogP contribution in [0.4, 0.5) is 10.1 Å². The lowest BCUT2D eigenvalue weighted by atomic mass is 10.0. The molecule has 2 aromatic carbocycles. The van der Waals surface area contributed by atoms with Gasteiger partial charge >= 0.3 is 0 Å². The zero-order valence-electron chi connectivity index (χ0n) is 17.3. The summed E-state index contributed by atoms with van der Waals surface area (Å²) in [7, 11) is -3.89. The van der Waals surface area contributed by atoms with Gasteiger partial charge in [-0.2, -0.15) is 0 Å². The summed E-state index contributed by atoms with van der Waals surface area (Å²) in [5, 5.41) is 9.81. The van der Waals surface area contributed by atoms with E-state index < -0.39 is 31.9 Å². The summed E-state index contributed by atoms with van der Waals surface area (Å²) in [5.41, 5.74) is 1.98.